The Bertz CT molecular complexity index is 1240. The zero-order chi connectivity index (χ0) is 23.6. The predicted octanol–water partition coefficient (Wildman–Crippen LogP) is 3.31. The van der Waals surface area contributed by atoms with Gasteiger partial charge in [-0.1, -0.05) is 38.1 Å². The molecule has 1 N–H and O–H groups in total. The molecule has 2 aromatic carbocycles. The van der Waals surface area contributed by atoms with Crippen molar-refractivity contribution >= 4 is 21.6 Å². The molecule has 33 heavy (non-hydrogen) atoms. The summed E-state index contributed by atoms with van der Waals surface area (Å²) in [7, 11) is -3.82. The molecule has 3 aromatic rings. The Balaban J connectivity index is 1.53. The summed E-state index contributed by atoms with van der Waals surface area (Å²) >= 11 is 0. The maximum atomic E-state index is 13.1. The van der Waals surface area contributed by atoms with Crippen LogP contribution in [0.4, 0.5) is 5.69 Å². The monoisotopic (exact) mass is 470 g/mol. The molecule has 1 aliphatic heterocycles. The number of nitrogens with one attached hydrogen (secondary N) is 1. The fourth-order valence-corrected chi connectivity index (χ4v) is 4.95. The van der Waals surface area contributed by atoms with Crippen molar-refractivity contribution in [3.05, 3.63) is 60.0 Å². The zero-order valence-corrected chi connectivity index (χ0v) is 19.6. The molecule has 0 saturated carbocycles. The van der Waals surface area contributed by atoms with Gasteiger partial charge in [-0.2, -0.15) is 9.29 Å². The van der Waals surface area contributed by atoms with Crippen molar-refractivity contribution in [1.29, 1.82) is 0 Å². The normalized spacial score (nSPS) is 15.4. The summed E-state index contributed by atoms with van der Waals surface area (Å²) in [5.74, 6) is 0.484. The molecule has 0 unspecified atom stereocenters. The van der Waals surface area contributed by atoms with Crippen LogP contribution in [0.3, 0.4) is 0 Å². The van der Waals surface area contributed by atoms with Crippen LogP contribution in [0.2, 0.25) is 0 Å². The summed E-state index contributed by atoms with van der Waals surface area (Å²) in [6.07, 6.45) is 0. The first-order chi connectivity index (χ1) is 15.7. The topological polar surface area (TPSA) is 115 Å². The van der Waals surface area contributed by atoms with Gasteiger partial charge in [-0.15, -0.1) is 0 Å². The van der Waals surface area contributed by atoms with Gasteiger partial charge in [-0.05, 0) is 36.4 Å². The van der Waals surface area contributed by atoms with Gasteiger partial charge in [0.2, 0.25) is 21.7 Å². The third kappa shape index (κ3) is 4.97. The maximum absolute atomic E-state index is 13.1. The van der Waals surface area contributed by atoms with E-state index in [1.165, 1.54) is 16.4 Å². The lowest BCUT2D eigenvalue weighted by molar-refractivity contribution is 0.0730. The van der Waals surface area contributed by atoms with Crippen LogP contribution in [-0.2, 0) is 20.2 Å². The molecule has 174 valence electrons. The molecule has 4 rings (SSSR count). The molecule has 0 bridgehead atoms. The minimum atomic E-state index is -3.82. The van der Waals surface area contributed by atoms with E-state index in [4.69, 9.17) is 9.26 Å². The fraction of sp³-hybridized carbons (Fsp3) is 0.348. The van der Waals surface area contributed by atoms with Crippen LogP contribution >= 0.6 is 0 Å². The van der Waals surface area contributed by atoms with E-state index < -0.39 is 15.9 Å². The first-order valence-electron chi connectivity index (χ1n) is 10.6. The lowest BCUT2D eigenvalue weighted by Crippen LogP contribution is -2.41. The summed E-state index contributed by atoms with van der Waals surface area (Å²) < 4.78 is 38.1. The minimum Gasteiger partial charge on any atom is -0.379 e. The minimum absolute atomic E-state index is 0.0254. The van der Waals surface area contributed by atoms with E-state index in [1.54, 1.807) is 36.4 Å². The number of morpholine rings is 1. The van der Waals surface area contributed by atoms with Crippen LogP contribution in [0.25, 0.3) is 11.4 Å². The highest BCUT2D eigenvalue weighted by molar-refractivity contribution is 7.89. The summed E-state index contributed by atoms with van der Waals surface area (Å²) in [5.41, 5.74) is 1.08. The van der Waals surface area contributed by atoms with E-state index in [2.05, 4.69) is 15.5 Å². The summed E-state index contributed by atoms with van der Waals surface area (Å²) in [4.78, 5) is 17.4. The Kier molecular flexibility index (Phi) is 6.33. The maximum Gasteiger partial charge on any atom is 0.257 e. The molecule has 2 heterocycles. The van der Waals surface area contributed by atoms with Crippen LogP contribution in [0.1, 0.15) is 37.0 Å². The van der Waals surface area contributed by atoms with Crippen LogP contribution in [-0.4, -0.2) is 55.1 Å². The van der Waals surface area contributed by atoms with Crippen LogP contribution in [0.15, 0.2) is 57.9 Å². The van der Waals surface area contributed by atoms with E-state index >= 15 is 0 Å². The molecule has 1 amide bonds. The summed E-state index contributed by atoms with van der Waals surface area (Å²) in [6, 6.07) is 13.1. The molecule has 0 spiro atoms. The second-order valence-corrected chi connectivity index (χ2v) is 10.6. The van der Waals surface area contributed by atoms with Gasteiger partial charge in [0.1, 0.15) is 0 Å². The summed E-state index contributed by atoms with van der Waals surface area (Å²) in [5, 5.41) is 6.79. The number of amides is 1. The molecular weight excluding hydrogens is 444 g/mol. The number of ether oxygens (including phenoxy) is 1. The van der Waals surface area contributed by atoms with Crippen molar-refractivity contribution < 1.29 is 22.5 Å². The van der Waals surface area contributed by atoms with Gasteiger partial charge in [0.15, 0.2) is 0 Å². The number of hydrogen-bond donors (Lipinski definition) is 1. The first kappa shape index (κ1) is 23.1. The van der Waals surface area contributed by atoms with Crippen LogP contribution in [0.5, 0.6) is 0 Å². The van der Waals surface area contributed by atoms with E-state index in [1.807, 2.05) is 20.8 Å². The van der Waals surface area contributed by atoms with Gasteiger partial charge in [0, 0.05) is 29.8 Å². The molecule has 1 aromatic heterocycles. The van der Waals surface area contributed by atoms with E-state index in [9.17, 15) is 13.2 Å². The molecular formula is C23H26N4O5S. The molecule has 1 fully saturated rings. The van der Waals surface area contributed by atoms with E-state index in [-0.39, 0.29) is 29.0 Å². The molecule has 10 heteroatoms. The average Bonchev–Trinajstić information content (AvgIpc) is 3.31. The highest BCUT2D eigenvalue weighted by Crippen LogP contribution is 2.26. The average molecular weight is 471 g/mol. The highest BCUT2D eigenvalue weighted by Gasteiger charge is 2.30. The van der Waals surface area contributed by atoms with E-state index in [0.717, 1.165) is 5.56 Å². The summed E-state index contributed by atoms with van der Waals surface area (Å²) in [6.45, 7) is 7.13. The van der Waals surface area contributed by atoms with Crippen molar-refractivity contribution in [1.82, 2.24) is 14.4 Å². The second kappa shape index (κ2) is 9.05. The third-order valence-electron chi connectivity index (χ3n) is 5.19. The van der Waals surface area contributed by atoms with Crippen molar-refractivity contribution in [2.24, 2.45) is 0 Å². The second-order valence-electron chi connectivity index (χ2n) is 8.72. The Hall–Kier alpha value is -3.08. The Morgan fingerprint density at radius 2 is 1.70 bits per heavy atom. The standard InChI is InChI=1S/C23H26N4O5S/c1-23(2,3)22-25-20(26-32-22)16-8-10-17(11-9-16)24-21(28)18-6-4-5-7-19(18)33(29,30)27-12-14-31-15-13-27/h4-11H,12-15H2,1-3H3,(H,24,28). The smallest absolute Gasteiger partial charge is 0.257 e. The number of hydrogen-bond acceptors (Lipinski definition) is 7. The number of benzene rings is 2. The van der Waals surface area contributed by atoms with Crippen molar-refractivity contribution in [3.8, 4) is 11.4 Å². The highest BCUT2D eigenvalue weighted by atomic mass is 32.2. The quantitative estimate of drug-likeness (QED) is 0.608. The Morgan fingerprint density at radius 3 is 2.33 bits per heavy atom. The van der Waals surface area contributed by atoms with Gasteiger partial charge in [0.05, 0.1) is 23.7 Å². The number of nitrogens with zero attached hydrogens (tertiary/aromatic N) is 3. The van der Waals surface area contributed by atoms with E-state index in [0.29, 0.717) is 30.6 Å². The number of rotatable bonds is 5. The SMILES string of the molecule is CC(C)(C)c1nc(-c2ccc(NC(=O)c3ccccc3S(=O)(=O)N3CCOCC3)cc2)no1. The van der Waals surface area contributed by atoms with Crippen molar-refractivity contribution in [2.75, 3.05) is 31.6 Å². The zero-order valence-electron chi connectivity index (χ0n) is 18.7. The predicted molar refractivity (Wildman–Crippen MR) is 122 cm³/mol. The molecule has 0 radical (unpaired) electrons. The number of carbonyl (C=O) groups excluding carboxylic acids is 1. The first-order valence-corrected chi connectivity index (χ1v) is 12.0. The number of sulfonamides is 1. The molecule has 1 saturated heterocycles. The molecule has 9 nitrogen and oxygen atoms in total. The molecule has 0 atom stereocenters. The van der Waals surface area contributed by atoms with Gasteiger partial charge in [-0.25, -0.2) is 8.42 Å². The van der Waals surface area contributed by atoms with Gasteiger partial charge >= 0.3 is 0 Å². The lowest BCUT2D eigenvalue weighted by atomic mass is 9.97. The van der Waals surface area contributed by atoms with Gasteiger partial charge in [-0.3, -0.25) is 4.79 Å². The largest absolute Gasteiger partial charge is 0.379 e. The molecule has 0 aliphatic carbocycles. The van der Waals surface area contributed by atoms with Crippen LogP contribution in [0, 0.1) is 0 Å². The number of anilines is 1. The third-order valence-corrected chi connectivity index (χ3v) is 7.14. The van der Waals surface area contributed by atoms with Gasteiger partial charge in [0.25, 0.3) is 5.91 Å². The number of aromatic nitrogens is 2. The lowest BCUT2D eigenvalue weighted by Gasteiger charge is -2.26. The van der Waals surface area contributed by atoms with Gasteiger partial charge < -0.3 is 14.6 Å². The Labute approximate surface area is 192 Å². The van der Waals surface area contributed by atoms with Crippen LogP contribution < -0.4 is 5.32 Å². The Morgan fingerprint density at radius 1 is 1.03 bits per heavy atom. The molecule has 1 aliphatic rings. The number of carbonyl (C=O) groups is 1. The van der Waals surface area contributed by atoms with Crippen molar-refractivity contribution in [3.63, 3.8) is 0 Å². The fourth-order valence-electron chi connectivity index (χ4n) is 3.35. The van der Waals surface area contributed by atoms with Crippen molar-refractivity contribution in [2.45, 2.75) is 31.1 Å².